The van der Waals surface area contributed by atoms with Crippen LogP contribution in [0.25, 0.3) is 10.9 Å². The van der Waals surface area contributed by atoms with Crippen molar-refractivity contribution >= 4 is 22.6 Å². The lowest BCUT2D eigenvalue weighted by molar-refractivity contribution is -0.134. The van der Waals surface area contributed by atoms with Gasteiger partial charge in [0.05, 0.1) is 5.52 Å². The van der Waals surface area contributed by atoms with Gasteiger partial charge in [0, 0.05) is 38.7 Å². The Morgan fingerprint density at radius 3 is 2.80 bits per heavy atom. The van der Waals surface area contributed by atoms with Crippen LogP contribution in [-0.2, 0) is 16.0 Å². The van der Waals surface area contributed by atoms with E-state index >= 15 is 0 Å². The summed E-state index contributed by atoms with van der Waals surface area (Å²) in [6.07, 6.45) is 1.98. The minimum Gasteiger partial charge on any atom is -0.375 e. The van der Waals surface area contributed by atoms with E-state index in [2.05, 4.69) is 43.0 Å². The van der Waals surface area contributed by atoms with Gasteiger partial charge in [-0.25, -0.2) is 4.98 Å². The number of rotatable bonds is 4. The van der Waals surface area contributed by atoms with Gasteiger partial charge < -0.3 is 14.5 Å². The van der Waals surface area contributed by atoms with E-state index in [9.17, 15) is 4.79 Å². The number of pyridine rings is 1. The van der Waals surface area contributed by atoms with Crippen molar-refractivity contribution in [3.63, 3.8) is 0 Å². The minimum absolute atomic E-state index is 0.0686. The van der Waals surface area contributed by atoms with Crippen LogP contribution >= 0.6 is 0 Å². The highest BCUT2D eigenvalue weighted by molar-refractivity contribution is 5.84. The average Bonchev–Trinajstić information content (AvgIpc) is 2.88. The molecule has 2 aromatic rings. The number of carbonyl (C=O) groups is 1. The molecule has 134 valence electrons. The summed E-state index contributed by atoms with van der Waals surface area (Å²) in [4.78, 5) is 21.1. The largest absolute Gasteiger partial charge is 0.375 e. The summed E-state index contributed by atoms with van der Waals surface area (Å²) < 4.78 is 4.97. The van der Waals surface area contributed by atoms with Gasteiger partial charge in [0.25, 0.3) is 0 Å². The van der Waals surface area contributed by atoms with Gasteiger partial charge in [-0.15, -0.1) is 0 Å². The Hall–Kier alpha value is -2.14. The molecular formula is C20H27N3O2. The molecule has 1 aromatic carbocycles. The lowest BCUT2D eigenvalue weighted by atomic mass is 10.1. The Morgan fingerprint density at radius 1 is 1.20 bits per heavy atom. The van der Waals surface area contributed by atoms with Crippen molar-refractivity contribution < 1.29 is 9.53 Å². The van der Waals surface area contributed by atoms with E-state index in [1.54, 1.807) is 7.11 Å². The lowest BCUT2D eigenvalue weighted by Gasteiger charge is -2.23. The number of carbonyl (C=O) groups excluding carboxylic acids is 1. The summed E-state index contributed by atoms with van der Waals surface area (Å²) in [5.74, 6) is 1.08. The zero-order chi connectivity index (χ0) is 17.8. The number of benzene rings is 1. The van der Waals surface area contributed by atoms with Crippen LogP contribution in [0, 0.1) is 6.92 Å². The number of aryl methyl sites for hydroxylation is 2. The second kappa shape index (κ2) is 7.83. The highest BCUT2D eigenvalue weighted by Crippen LogP contribution is 2.24. The van der Waals surface area contributed by atoms with Gasteiger partial charge in [-0.2, -0.15) is 0 Å². The third-order valence-corrected chi connectivity index (χ3v) is 4.92. The number of fused-ring (bicyclic) bond motifs is 1. The number of nitrogens with zero attached hydrogens (tertiary/aromatic N) is 3. The second-order valence-electron chi connectivity index (χ2n) is 6.66. The molecule has 2 heterocycles. The smallest absolute Gasteiger partial charge is 0.248 e. The number of aromatic nitrogens is 1. The van der Waals surface area contributed by atoms with Crippen molar-refractivity contribution in [3.05, 3.63) is 35.4 Å². The number of methoxy groups -OCH3 is 1. The number of amides is 1. The zero-order valence-electron chi connectivity index (χ0n) is 15.4. The van der Waals surface area contributed by atoms with E-state index in [-0.39, 0.29) is 12.5 Å². The third-order valence-electron chi connectivity index (χ3n) is 4.92. The van der Waals surface area contributed by atoms with E-state index in [0.29, 0.717) is 0 Å². The highest BCUT2D eigenvalue weighted by atomic mass is 16.5. The minimum atomic E-state index is 0.0686. The maximum absolute atomic E-state index is 12.1. The molecule has 0 bridgehead atoms. The number of hydrogen-bond donors (Lipinski definition) is 0. The van der Waals surface area contributed by atoms with E-state index in [0.717, 1.165) is 50.4 Å². The van der Waals surface area contributed by atoms with Crippen LogP contribution in [-0.4, -0.2) is 55.7 Å². The Morgan fingerprint density at radius 2 is 2.04 bits per heavy atom. The first-order valence-electron chi connectivity index (χ1n) is 9.04. The molecule has 1 saturated heterocycles. The first-order chi connectivity index (χ1) is 12.1. The molecule has 0 aliphatic carbocycles. The van der Waals surface area contributed by atoms with Crippen LogP contribution in [0.4, 0.5) is 5.82 Å². The molecule has 3 rings (SSSR count). The van der Waals surface area contributed by atoms with Crippen molar-refractivity contribution in [3.8, 4) is 0 Å². The van der Waals surface area contributed by atoms with Gasteiger partial charge in [-0.05, 0) is 49.1 Å². The first kappa shape index (κ1) is 17.7. The predicted octanol–water partition coefficient (Wildman–Crippen LogP) is 2.79. The zero-order valence-corrected chi connectivity index (χ0v) is 15.4. The Bertz CT molecular complexity index is 760. The monoisotopic (exact) mass is 341 g/mol. The van der Waals surface area contributed by atoms with Crippen molar-refractivity contribution in [2.24, 2.45) is 0 Å². The number of hydrogen-bond acceptors (Lipinski definition) is 4. The maximum Gasteiger partial charge on any atom is 0.248 e. The van der Waals surface area contributed by atoms with Crippen molar-refractivity contribution in [1.82, 2.24) is 9.88 Å². The van der Waals surface area contributed by atoms with E-state index < -0.39 is 0 Å². The van der Waals surface area contributed by atoms with Crippen molar-refractivity contribution in [2.75, 3.05) is 44.8 Å². The molecule has 5 nitrogen and oxygen atoms in total. The fourth-order valence-corrected chi connectivity index (χ4v) is 3.42. The van der Waals surface area contributed by atoms with Crippen LogP contribution in [0.3, 0.4) is 0 Å². The maximum atomic E-state index is 12.1. The topological polar surface area (TPSA) is 45.7 Å². The molecule has 0 radical (unpaired) electrons. The van der Waals surface area contributed by atoms with E-state index in [4.69, 9.17) is 9.72 Å². The fraction of sp³-hybridized carbons (Fsp3) is 0.500. The molecule has 0 spiro atoms. The average molecular weight is 341 g/mol. The molecule has 1 aliphatic heterocycles. The van der Waals surface area contributed by atoms with Crippen LogP contribution < -0.4 is 4.90 Å². The molecule has 5 heteroatoms. The van der Waals surface area contributed by atoms with E-state index in [1.807, 2.05) is 4.90 Å². The Balaban J connectivity index is 1.81. The molecular weight excluding hydrogens is 314 g/mol. The van der Waals surface area contributed by atoms with Crippen LogP contribution in [0.1, 0.15) is 24.5 Å². The van der Waals surface area contributed by atoms with Gasteiger partial charge in [0.15, 0.2) is 0 Å². The van der Waals surface area contributed by atoms with Crippen molar-refractivity contribution in [1.29, 1.82) is 0 Å². The normalized spacial score (nSPS) is 15.5. The molecule has 1 amide bonds. The Labute approximate surface area is 149 Å². The third kappa shape index (κ3) is 3.93. The lowest BCUT2D eigenvalue weighted by Crippen LogP contribution is -2.37. The van der Waals surface area contributed by atoms with Gasteiger partial charge in [-0.3, -0.25) is 4.79 Å². The number of ether oxygens (including phenoxy) is 1. The quantitative estimate of drug-likeness (QED) is 0.858. The van der Waals surface area contributed by atoms with Gasteiger partial charge in [-0.1, -0.05) is 13.0 Å². The van der Waals surface area contributed by atoms with Gasteiger partial charge >= 0.3 is 0 Å². The summed E-state index contributed by atoms with van der Waals surface area (Å²) in [7, 11) is 1.56. The van der Waals surface area contributed by atoms with Crippen LogP contribution in [0.15, 0.2) is 24.3 Å². The molecule has 1 fully saturated rings. The fourth-order valence-electron chi connectivity index (χ4n) is 3.42. The summed E-state index contributed by atoms with van der Waals surface area (Å²) in [5.41, 5.74) is 3.64. The van der Waals surface area contributed by atoms with Gasteiger partial charge in [0.1, 0.15) is 12.4 Å². The molecule has 1 aromatic heterocycles. The molecule has 25 heavy (non-hydrogen) atoms. The van der Waals surface area contributed by atoms with Crippen LogP contribution in [0.2, 0.25) is 0 Å². The summed E-state index contributed by atoms with van der Waals surface area (Å²) in [6.45, 7) is 7.71. The molecule has 0 saturated carbocycles. The molecule has 0 atom stereocenters. The highest BCUT2D eigenvalue weighted by Gasteiger charge is 2.20. The summed E-state index contributed by atoms with van der Waals surface area (Å²) >= 11 is 0. The second-order valence-corrected chi connectivity index (χ2v) is 6.66. The molecule has 0 unspecified atom stereocenters. The first-order valence-corrected chi connectivity index (χ1v) is 9.04. The number of anilines is 1. The standard InChI is InChI=1S/C20H27N3O2/c1-4-16-6-7-18-17(13-16)15(2)12-19(21-18)22-8-5-9-23(11-10-22)20(24)14-25-3/h6-7,12-13H,4-5,8-11,14H2,1-3H3. The summed E-state index contributed by atoms with van der Waals surface area (Å²) in [5, 5.41) is 1.23. The van der Waals surface area contributed by atoms with Gasteiger partial charge in [0.2, 0.25) is 5.91 Å². The van der Waals surface area contributed by atoms with Crippen LogP contribution in [0.5, 0.6) is 0 Å². The predicted molar refractivity (Wildman–Crippen MR) is 101 cm³/mol. The summed E-state index contributed by atoms with van der Waals surface area (Å²) in [6, 6.07) is 8.70. The SMILES string of the molecule is CCc1ccc2nc(N3CCCN(C(=O)COC)CC3)cc(C)c2c1. The van der Waals surface area contributed by atoms with Crippen molar-refractivity contribution in [2.45, 2.75) is 26.7 Å². The molecule has 1 aliphatic rings. The Kier molecular flexibility index (Phi) is 5.53. The van der Waals surface area contributed by atoms with E-state index in [1.165, 1.54) is 16.5 Å². The molecule has 0 N–H and O–H groups in total.